The molecule has 2 aromatic heterocycles. The minimum absolute atomic E-state index is 0.618. The second-order valence-electron chi connectivity index (χ2n) is 5.56. The average Bonchev–Trinajstić information content (AvgIpc) is 2.82. The highest BCUT2D eigenvalue weighted by molar-refractivity contribution is 5.86. The van der Waals surface area contributed by atoms with Crippen LogP contribution in [0.1, 0.15) is 32.0 Å². The van der Waals surface area contributed by atoms with Gasteiger partial charge in [0.05, 0.1) is 18.1 Å². The predicted octanol–water partition coefficient (Wildman–Crippen LogP) is 1.78. The molecule has 108 valence electrons. The monoisotopic (exact) mass is 274 g/mol. The molecule has 1 unspecified atom stereocenters. The molecule has 1 N–H and O–H groups in total. The molecule has 3 rings (SSSR count). The molecule has 6 heteroatoms. The van der Waals surface area contributed by atoms with E-state index in [1.165, 1.54) is 19.3 Å². The fraction of sp³-hybridized carbons (Fsp3) is 0.643. The fourth-order valence-electron chi connectivity index (χ4n) is 2.90. The Balaban J connectivity index is 1.92. The number of aromatic nitrogens is 4. The second-order valence-corrected chi connectivity index (χ2v) is 5.56. The maximum atomic E-state index is 4.68. The van der Waals surface area contributed by atoms with Crippen LogP contribution in [0.25, 0.3) is 11.0 Å². The lowest BCUT2D eigenvalue weighted by Crippen LogP contribution is -2.37. The lowest BCUT2D eigenvalue weighted by Gasteiger charge is -2.32. The van der Waals surface area contributed by atoms with E-state index in [9.17, 15) is 0 Å². The van der Waals surface area contributed by atoms with Crippen molar-refractivity contribution >= 4 is 16.9 Å². The Morgan fingerprint density at radius 2 is 2.20 bits per heavy atom. The normalized spacial score (nSPS) is 20.4. The summed E-state index contributed by atoms with van der Waals surface area (Å²) in [6.07, 6.45) is 5.69. The van der Waals surface area contributed by atoms with Crippen molar-refractivity contribution in [2.75, 3.05) is 18.9 Å². The van der Waals surface area contributed by atoms with Crippen molar-refractivity contribution in [1.82, 2.24) is 24.6 Å². The second kappa shape index (κ2) is 5.36. The summed E-state index contributed by atoms with van der Waals surface area (Å²) < 4.78 is 1.81. The molecule has 0 radical (unpaired) electrons. The van der Waals surface area contributed by atoms with Gasteiger partial charge in [-0.15, -0.1) is 0 Å². The number of hydrogen-bond donors (Lipinski definition) is 1. The largest absolute Gasteiger partial charge is 0.372 e. The van der Waals surface area contributed by atoms with E-state index in [0.29, 0.717) is 6.04 Å². The molecule has 1 fully saturated rings. The van der Waals surface area contributed by atoms with Gasteiger partial charge in [0.25, 0.3) is 0 Å². The third-order valence-electron chi connectivity index (χ3n) is 4.16. The van der Waals surface area contributed by atoms with Crippen LogP contribution in [0, 0.1) is 0 Å². The number of piperidine rings is 1. The smallest absolute Gasteiger partial charge is 0.163 e. The standard InChI is InChI=1S/C14H22N6/c1-10-6-4-5-7-20(10)9-12-17-13(15-2)11-8-16-19(3)14(11)18-12/h8,10H,4-7,9H2,1-3H3,(H,15,17,18). The number of nitrogens with one attached hydrogen (secondary N) is 1. The van der Waals surface area contributed by atoms with Crippen molar-refractivity contribution in [3.05, 3.63) is 12.0 Å². The molecule has 1 aliphatic rings. The van der Waals surface area contributed by atoms with Crippen molar-refractivity contribution in [3.8, 4) is 0 Å². The van der Waals surface area contributed by atoms with E-state index in [4.69, 9.17) is 0 Å². The van der Waals surface area contributed by atoms with Gasteiger partial charge in [-0.2, -0.15) is 5.10 Å². The van der Waals surface area contributed by atoms with E-state index in [-0.39, 0.29) is 0 Å². The van der Waals surface area contributed by atoms with Crippen molar-refractivity contribution in [1.29, 1.82) is 0 Å². The third kappa shape index (κ3) is 2.35. The number of fused-ring (bicyclic) bond motifs is 1. The molecule has 1 saturated heterocycles. The van der Waals surface area contributed by atoms with Gasteiger partial charge in [0.15, 0.2) is 5.65 Å². The molecular weight excluding hydrogens is 252 g/mol. The molecule has 0 bridgehead atoms. The number of aryl methyl sites for hydroxylation is 1. The minimum atomic E-state index is 0.618. The van der Waals surface area contributed by atoms with Crippen LogP contribution < -0.4 is 5.32 Å². The Kier molecular flexibility index (Phi) is 3.56. The van der Waals surface area contributed by atoms with Gasteiger partial charge < -0.3 is 5.32 Å². The van der Waals surface area contributed by atoms with E-state index in [2.05, 4.69) is 32.2 Å². The molecular formula is C14H22N6. The molecule has 1 aliphatic heterocycles. The van der Waals surface area contributed by atoms with Gasteiger partial charge >= 0.3 is 0 Å². The molecule has 2 aromatic rings. The summed E-state index contributed by atoms with van der Waals surface area (Å²) in [5, 5.41) is 8.39. The molecule has 0 spiro atoms. The summed E-state index contributed by atoms with van der Waals surface area (Å²) in [6.45, 7) is 4.25. The van der Waals surface area contributed by atoms with Gasteiger partial charge in [-0.25, -0.2) is 9.97 Å². The number of rotatable bonds is 3. The Morgan fingerprint density at radius 1 is 1.35 bits per heavy atom. The highest BCUT2D eigenvalue weighted by Crippen LogP contribution is 2.22. The number of hydrogen-bond acceptors (Lipinski definition) is 5. The molecule has 0 aromatic carbocycles. The quantitative estimate of drug-likeness (QED) is 0.924. The first-order valence-electron chi connectivity index (χ1n) is 7.29. The number of nitrogens with zero attached hydrogens (tertiary/aromatic N) is 5. The molecule has 0 amide bonds. The zero-order chi connectivity index (χ0) is 14.1. The van der Waals surface area contributed by atoms with Gasteiger partial charge in [-0.05, 0) is 26.3 Å². The van der Waals surface area contributed by atoms with Gasteiger partial charge in [0.2, 0.25) is 0 Å². The molecule has 0 aliphatic carbocycles. The fourth-order valence-corrected chi connectivity index (χ4v) is 2.90. The summed E-state index contributed by atoms with van der Waals surface area (Å²) in [5.41, 5.74) is 0.893. The average molecular weight is 274 g/mol. The van der Waals surface area contributed by atoms with E-state index in [0.717, 1.165) is 35.8 Å². The summed E-state index contributed by atoms with van der Waals surface area (Å²) in [4.78, 5) is 11.8. The minimum Gasteiger partial charge on any atom is -0.372 e. The maximum Gasteiger partial charge on any atom is 0.163 e. The van der Waals surface area contributed by atoms with E-state index < -0.39 is 0 Å². The van der Waals surface area contributed by atoms with E-state index >= 15 is 0 Å². The van der Waals surface area contributed by atoms with Crippen LogP contribution in [0.3, 0.4) is 0 Å². The van der Waals surface area contributed by atoms with Crippen molar-refractivity contribution in [2.24, 2.45) is 7.05 Å². The summed E-state index contributed by atoms with van der Waals surface area (Å²) in [6, 6.07) is 0.618. The van der Waals surface area contributed by atoms with E-state index in [1.54, 1.807) is 4.68 Å². The maximum absolute atomic E-state index is 4.68. The Bertz CT molecular complexity index is 605. The lowest BCUT2D eigenvalue weighted by atomic mass is 10.0. The van der Waals surface area contributed by atoms with Crippen molar-refractivity contribution < 1.29 is 0 Å². The van der Waals surface area contributed by atoms with Crippen LogP contribution in [-0.2, 0) is 13.6 Å². The lowest BCUT2D eigenvalue weighted by molar-refractivity contribution is 0.149. The molecule has 0 saturated carbocycles. The van der Waals surface area contributed by atoms with Crippen molar-refractivity contribution in [2.45, 2.75) is 38.8 Å². The molecule has 6 nitrogen and oxygen atoms in total. The highest BCUT2D eigenvalue weighted by atomic mass is 15.3. The SMILES string of the molecule is CNc1nc(CN2CCCCC2C)nc2c1cnn2C. The van der Waals surface area contributed by atoms with Crippen LogP contribution in [0.15, 0.2) is 6.20 Å². The first kappa shape index (κ1) is 13.3. The highest BCUT2D eigenvalue weighted by Gasteiger charge is 2.20. The number of likely N-dealkylation sites (tertiary alicyclic amines) is 1. The Hall–Kier alpha value is -1.69. The third-order valence-corrected chi connectivity index (χ3v) is 4.16. The first-order valence-corrected chi connectivity index (χ1v) is 7.29. The van der Waals surface area contributed by atoms with Crippen LogP contribution in [0.2, 0.25) is 0 Å². The predicted molar refractivity (Wildman–Crippen MR) is 79.6 cm³/mol. The van der Waals surface area contributed by atoms with Crippen LogP contribution >= 0.6 is 0 Å². The Labute approximate surface area is 119 Å². The molecule has 20 heavy (non-hydrogen) atoms. The van der Waals surface area contributed by atoms with Crippen molar-refractivity contribution in [3.63, 3.8) is 0 Å². The van der Waals surface area contributed by atoms with Gasteiger partial charge in [0, 0.05) is 20.1 Å². The summed E-state index contributed by atoms with van der Waals surface area (Å²) in [5.74, 6) is 1.74. The molecule has 1 atom stereocenters. The van der Waals surface area contributed by atoms with E-state index in [1.807, 2.05) is 20.3 Å². The van der Waals surface area contributed by atoms with Crippen LogP contribution in [0.5, 0.6) is 0 Å². The first-order chi connectivity index (χ1) is 9.69. The zero-order valence-electron chi connectivity index (χ0n) is 12.4. The topological polar surface area (TPSA) is 58.9 Å². The molecule has 3 heterocycles. The summed E-state index contributed by atoms with van der Waals surface area (Å²) in [7, 11) is 3.81. The zero-order valence-corrected chi connectivity index (χ0v) is 12.4. The van der Waals surface area contributed by atoms with Crippen LogP contribution in [0.4, 0.5) is 5.82 Å². The number of anilines is 1. The van der Waals surface area contributed by atoms with Gasteiger partial charge in [-0.3, -0.25) is 9.58 Å². The van der Waals surface area contributed by atoms with Crippen LogP contribution in [-0.4, -0.2) is 44.3 Å². The van der Waals surface area contributed by atoms with Gasteiger partial charge in [0.1, 0.15) is 11.6 Å². The summed E-state index contributed by atoms with van der Waals surface area (Å²) >= 11 is 0. The van der Waals surface area contributed by atoms with Gasteiger partial charge in [-0.1, -0.05) is 6.42 Å². The Morgan fingerprint density at radius 3 is 2.95 bits per heavy atom.